The van der Waals surface area contributed by atoms with E-state index in [2.05, 4.69) is 0 Å². The van der Waals surface area contributed by atoms with E-state index in [9.17, 15) is 9.59 Å². The molecule has 0 N–H and O–H groups in total. The van der Waals surface area contributed by atoms with Crippen molar-refractivity contribution in [3.8, 4) is 0 Å². The van der Waals surface area contributed by atoms with Gasteiger partial charge in [-0.15, -0.1) is 0 Å². The van der Waals surface area contributed by atoms with Gasteiger partial charge in [-0.05, 0) is 12.5 Å². The molecule has 3 aliphatic rings. The Labute approximate surface area is 87.9 Å². The minimum atomic E-state index is -0.307. The first-order valence-electron chi connectivity index (χ1n) is 5.43. The highest BCUT2D eigenvalue weighted by Crippen LogP contribution is 2.32. The van der Waals surface area contributed by atoms with Crippen LogP contribution in [0.4, 0.5) is 0 Å². The lowest BCUT2D eigenvalue weighted by atomic mass is 10.1. The van der Waals surface area contributed by atoms with Crippen LogP contribution in [0.15, 0.2) is 12.2 Å². The molecule has 0 saturated carbocycles. The number of carbonyl (C=O) groups is 2. The summed E-state index contributed by atoms with van der Waals surface area (Å²) < 4.78 is 5.55. The zero-order valence-electron chi connectivity index (χ0n) is 8.39. The molecule has 0 unspecified atom stereocenters. The van der Waals surface area contributed by atoms with E-state index in [1.165, 1.54) is 0 Å². The first kappa shape index (κ1) is 9.09. The maximum atomic E-state index is 11.6. The molecule has 4 nitrogen and oxygen atoms in total. The van der Waals surface area contributed by atoms with Crippen molar-refractivity contribution < 1.29 is 14.3 Å². The third kappa shape index (κ3) is 1.32. The molecule has 2 saturated heterocycles. The van der Waals surface area contributed by atoms with Crippen molar-refractivity contribution in [2.24, 2.45) is 0 Å². The van der Waals surface area contributed by atoms with Gasteiger partial charge in [0.15, 0.2) is 5.78 Å². The lowest BCUT2D eigenvalue weighted by Crippen LogP contribution is -2.40. The lowest BCUT2D eigenvalue weighted by molar-refractivity contribution is -0.130. The Balaban J connectivity index is 1.82. The fraction of sp³-hybridized carbons (Fsp3) is 0.636. The van der Waals surface area contributed by atoms with Crippen LogP contribution in [0.25, 0.3) is 0 Å². The average molecular weight is 207 g/mol. The number of nitrogens with zero attached hydrogens (tertiary/aromatic N) is 1. The Kier molecular flexibility index (Phi) is 1.92. The van der Waals surface area contributed by atoms with E-state index < -0.39 is 0 Å². The molecule has 0 aromatic carbocycles. The van der Waals surface area contributed by atoms with E-state index >= 15 is 0 Å². The topological polar surface area (TPSA) is 46.6 Å². The van der Waals surface area contributed by atoms with Crippen molar-refractivity contribution in [2.45, 2.75) is 37.5 Å². The Morgan fingerprint density at radius 2 is 2.27 bits per heavy atom. The van der Waals surface area contributed by atoms with E-state index in [-0.39, 0.29) is 29.9 Å². The smallest absolute Gasteiger partial charge is 0.222 e. The second-order valence-electron chi connectivity index (χ2n) is 4.34. The molecule has 80 valence electrons. The zero-order valence-corrected chi connectivity index (χ0v) is 8.39. The summed E-state index contributed by atoms with van der Waals surface area (Å²) in [5, 5.41) is 0. The van der Waals surface area contributed by atoms with Crippen LogP contribution >= 0.6 is 0 Å². The van der Waals surface area contributed by atoms with Gasteiger partial charge >= 0.3 is 0 Å². The van der Waals surface area contributed by atoms with Crippen LogP contribution in [-0.4, -0.2) is 41.4 Å². The summed E-state index contributed by atoms with van der Waals surface area (Å²) in [7, 11) is 0. The summed E-state index contributed by atoms with van der Waals surface area (Å²) in [6.45, 7) is 0.818. The second-order valence-corrected chi connectivity index (χ2v) is 4.34. The van der Waals surface area contributed by atoms with E-state index in [0.717, 1.165) is 13.0 Å². The normalized spacial score (nSPS) is 39.2. The number of carbonyl (C=O) groups excluding carboxylic acids is 2. The Morgan fingerprint density at radius 3 is 2.93 bits per heavy atom. The number of fused-ring (bicyclic) bond motifs is 2. The fourth-order valence-electron chi connectivity index (χ4n) is 2.67. The SMILES string of the molecule is O=C1C=C[C@@H]2O[C@H]1C[C@@H]2N1CCCC1=O. The van der Waals surface area contributed by atoms with Crippen LogP contribution < -0.4 is 0 Å². The minimum Gasteiger partial charge on any atom is -0.361 e. The predicted octanol–water partition coefficient (Wildman–Crippen LogP) is 0.274. The van der Waals surface area contributed by atoms with Crippen molar-refractivity contribution >= 4 is 11.7 Å². The first-order chi connectivity index (χ1) is 7.25. The number of hydrogen-bond donors (Lipinski definition) is 0. The lowest BCUT2D eigenvalue weighted by Gasteiger charge is -2.26. The number of likely N-dealkylation sites (tertiary alicyclic amines) is 1. The van der Waals surface area contributed by atoms with Crippen LogP contribution in [0, 0.1) is 0 Å². The summed E-state index contributed by atoms with van der Waals surface area (Å²) in [6, 6.07) is 0.0905. The molecule has 2 fully saturated rings. The van der Waals surface area contributed by atoms with Gasteiger partial charge in [-0.25, -0.2) is 0 Å². The van der Waals surface area contributed by atoms with Gasteiger partial charge in [0.05, 0.1) is 12.1 Å². The van der Waals surface area contributed by atoms with E-state index in [1.807, 2.05) is 4.90 Å². The maximum absolute atomic E-state index is 11.6. The van der Waals surface area contributed by atoms with Gasteiger partial charge in [0.1, 0.15) is 6.10 Å². The van der Waals surface area contributed by atoms with Crippen molar-refractivity contribution in [1.29, 1.82) is 0 Å². The highest BCUT2D eigenvalue weighted by Gasteiger charge is 2.44. The van der Waals surface area contributed by atoms with Gasteiger partial charge in [-0.1, -0.05) is 6.08 Å². The molecule has 3 rings (SSSR count). The summed E-state index contributed by atoms with van der Waals surface area (Å²) >= 11 is 0. The van der Waals surface area contributed by atoms with Crippen molar-refractivity contribution in [1.82, 2.24) is 4.90 Å². The van der Waals surface area contributed by atoms with Crippen molar-refractivity contribution in [2.75, 3.05) is 6.54 Å². The Bertz CT molecular complexity index is 350. The molecule has 0 radical (unpaired) electrons. The average Bonchev–Trinajstić information content (AvgIpc) is 2.77. The fourth-order valence-corrected chi connectivity index (χ4v) is 2.67. The van der Waals surface area contributed by atoms with Crippen LogP contribution in [0.1, 0.15) is 19.3 Å². The van der Waals surface area contributed by atoms with Crippen LogP contribution in [0.3, 0.4) is 0 Å². The van der Waals surface area contributed by atoms with Crippen LogP contribution in [0.5, 0.6) is 0 Å². The molecule has 2 bridgehead atoms. The molecule has 3 heterocycles. The van der Waals surface area contributed by atoms with E-state index in [4.69, 9.17) is 4.74 Å². The highest BCUT2D eigenvalue weighted by atomic mass is 16.5. The van der Waals surface area contributed by atoms with Crippen molar-refractivity contribution in [3.05, 3.63) is 12.2 Å². The van der Waals surface area contributed by atoms with Gasteiger partial charge in [-0.2, -0.15) is 0 Å². The summed E-state index contributed by atoms with van der Waals surface area (Å²) in [4.78, 5) is 24.9. The zero-order chi connectivity index (χ0) is 10.4. The minimum absolute atomic E-state index is 0.0420. The summed E-state index contributed by atoms with van der Waals surface area (Å²) in [5.74, 6) is 0.248. The van der Waals surface area contributed by atoms with E-state index in [1.54, 1.807) is 12.2 Å². The number of amides is 1. The summed E-state index contributed by atoms with van der Waals surface area (Å²) in [5.41, 5.74) is 0. The van der Waals surface area contributed by atoms with E-state index in [0.29, 0.717) is 12.8 Å². The molecule has 3 aliphatic heterocycles. The standard InChI is InChI=1S/C11H13NO3/c13-8-3-4-9-7(6-10(8)15-9)12-5-1-2-11(12)14/h3-4,7,9-10H,1-2,5-6H2/t7-,9-,10-/m0/s1. The molecule has 0 aliphatic carbocycles. The third-order valence-electron chi connectivity index (χ3n) is 3.43. The van der Waals surface area contributed by atoms with Crippen LogP contribution in [-0.2, 0) is 14.3 Å². The van der Waals surface area contributed by atoms with Gasteiger partial charge in [0.2, 0.25) is 5.91 Å². The monoisotopic (exact) mass is 207 g/mol. The third-order valence-corrected chi connectivity index (χ3v) is 3.43. The maximum Gasteiger partial charge on any atom is 0.222 e. The largest absolute Gasteiger partial charge is 0.361 e. The molecule has 0 aromatic rings. The van der Waals surface area contributed by atoms with Gasteiger partial charge in [0, 0.05) is 19.4 Å². The predicted molar refractivity (Wildman–Crippen MR) is 52.2 cm³/mol. The number of ether oxygens (including phenoxy) is 1. The van der Waals surface area contributed by atoms with Gasteiger partial charge in [0.25, 0.3) is 0 Å². The molecule has 4 heteroatoms. The molecular weight excluding hydrogens is 194 g/mol. The molecule has 0 spiro atoms. The van der Waals surface area contributed by atoms with Gasteiger partial charge in [-0.3, -0.25) is 9.59 Å². The molecular formula is C11H13NO3. The quantitative estimate of drug-likeness (QED) is 0.620. The molecule has 0 aromatic heterocycles. The Hall–Kier alpha value is -1.16. The first-order valence-corrected chi connectivity index (χ1v) is 5.43. The van der Waals surface area contributed by atoms with Gasteiger partial charge < -0.3 is 9.64 Å². The van der Waals surface area contributed by atoms with Crippen molar-refractivity contribution in [3.63, 3.8) is 0 Å². The number of rotatable bonds is 1. The second kappa shape index (κ2) is 3.17. The van der Waals surface area contributed by atoms with Crippen LogP contribution in [0.2, 0.25) is 0 Å². The molecule has 15 heavy (non-hydrogen) atoms. The summed E-state index contributed by atoms with van der Waals surface area (Å²) in [6.07, 6.45) is 5.27. The Morgan fingerprint density at radius 1 is 1.40 bits per heavy atom. The molecule has 1 amide bonds. The molecule has 3 atom stereocenters. The number of ketones is 1. The highest BCUT2D eigenvalue weighted by molar-refractivity contribution is 5.95. The number of hydrogen-bond acceptors (Lipinski definition) is 3.